The minimum Gasteiger partial charge on any atom is -0.434 e. The van der Waals surface area contributed by atoms with Crippen molar-refractivity contribution < 1.29 is 27.9 Å². The number of para-hydroxylation sites is 2. The summed E-state index contributed by atoms with van der Waals surface area (Å²) in [6.45, 7) is 8.43. The van der Waals surface area contributed by atoms with Gasteiger partial charge in [-0.15, -0.1) is 0 Å². The third-order valence-corrected chi connectivity index (χ3v) is 6.99. The molecule has 1 spiro atoms. The summed E-state index contributed by atoms with van der Waals surface area (Å²) in [6, 6.07) is 11.9. The Hall–Kier alpha value is -4.00. The van der Waals surface area contributed by atoms with Crippen LogP contribution in [-0.4, -0.2) is 59.9 Å². The third-order valence-electron chi connectivity index (χ3n) is 6.99. The van der Waals surface area contributed by atoms with Gasteiger partial charge in [-0.1, -0.05) is 44.2 Å². The van der Waals surface area contributed by atoms with E-state index in [1.165, 1.54) is 41.1 Å². The van der Waals surface area contributed by atoms with Gasteiger partial charge in [0.1, 0.15) is 17.2 Å². The number of likely N-dealkylation sites (tertiary alicyclic amines) is 1. The average Bonchev–Trinajstić information content (AvgIpc) is 3.39. The molecule has 1 fully saturated rings. The monoisotopic (exact) mass is 510 g/mol. The molecule has 2 aromatic carbocycles. The van der Waals surface area contributed by atoms with Gasteiger partial charge in [-0.05, 0) is 36.1 Å². The van der Waals surface area contributed by atoms with E-state index in [-0.39, 0.29) is 42.5 Å². The molecule has 0 unspecified atom stereocenters. The van der Waals surface area contributed by atoms with Crippen molar-refractivity contribution in [3.05, 3.63) is 71.1 Å². The fourth-order valence-electron chi connectivity index (χ4n) is 5.19. The van der Waals surface area contributed by atoms with Crippen molar-refractivity contribution in [2.24, 2.45) is 5.92 Å². The predicted octanol–water partition coefficient (Wildman–Crippen LogP) is 4.14. The molecule has 0 aliphatic carbocycles. The highest BCUT2D eigenvalue weighted by atomic mass is 19.3. The van der Waals surface area contributed by atoms with Crippen molar-refractivity contribution in [3.63, 3.8) is 0 Å². The number of likely N-dealkylation sites (N-methyl/N-ethyl adjacent to an activating group) is 1. The van der Waals surface area contributed by atoms with Crippen LogP contribution in [0.4, 0.5) is 14.5 Å². The molecule has 2 aliphatic heterocycles. The zero-order chi connectivity index (χ0) is 26.9. The number of nitrogens with one attached hydrogen (secondary N) is 1. The minimum absolute atomic E-state index is 0.00341. The summed E-state index contributed by atoms with van der Waals surface area (Å²) >= 11 is 0. The number of anilines is 1. The van der Waals surface area contributed by atoms with Gasteiger partial charge in [0.15, 0.2) is 0 Å². The molecule has 8 nitrogen and oxygen atoms in total. The lowest BCUT2D eigenvalue weighted by Crippen LogP contribution is -2.51. The molecular weight excluding hydrogens is 482 g/mol. The summed E-state index contributed by atoms with van der Waals surface area (Å²) in [5.41, 5.74) is 0.249. The number of fused-ring (bicyclic) bond motifs is 2. The van der Waals surface area contributed by atoms with Crippen LogP contribution in [0.25, 0.3) is 4.85 Å². The molecule has 37 heavy (non-hydrogen) atoms. The molecule has 0 aromatic heterocycles. The van der Waals surface area contributed by atoms with E-state index in [2.05, 4.69) is 14.9 Å². The Labute approximate surface area is 214 Å². The standard InChI is InChI=1S/C27H28F2N4O4/c1-16(2)13-20(32(4)23(34)17-9-5-8-12-21(17)37-26(28)29)24(35)33-15-27(14-22(33)30-3)18-10-6-7-11-19(18)31-25(27)36/h5-12,16,20,22,26H,13-15H2,1-2,4H3,(H,31,36)/t20-,22-,27-/m0/s1. The van der Waals surface area contributed by atoms with E-state index in [4.69, 9.17) is 6.57 Å². The molecule has 3 atom stereocenters. The normalized spacial score (nSPS) is 21.1. The van der Waals surface area contributed by atoms with Gasteiger partial charge in [0, 0.05) is 19.3 Å². The lowest BCUT2D eigenvalue weighted by molar-refractivity contribution is -0.136. The van der Waals surface area contributed by atoms with E-state index in [0.29, 0.717) is 5.69 Å². The van der Waals surface area contributed by atoms with E-state index in [1.54, 1.807) is 12.1 Å². The van der Waals surface area contributed by atoms with Crippen LogP contribution in [0.15, 0.2) is 48.5 Å². The minimum atomic E-state index is -3.12. The summed E-state index contributed by atoms with van der Waals surface area (Å²) in [7, 11) is 1.43. The first kappa shape index (κ1) is 26.1. The maximum absolute atomic E-state index is 14.0. The van der Waals surface area contributed by atoms with Crippen molar-refractivity contribution in [1.29, 1.82) is 0 Å². The Bertz CT molecular complexity index is 1260. The molecule has 2 aliphatic rings. The zero-order valence-corrected chi connectivity index (χ0v) is 20.8. The lowest BCUT2D eigenvalue weighted by atomic mass is 9.80. The zero-order valence-electron chi connectivity index (χ0n) is 20.8. The van der Waals surface area contributed by atoms with Crippen molar-refractivity contribution in [2.45, 2.75) is 50.9 Å². The van der Waals surface area contributed by atoms with Crippen LogP contribution in [0.3, 0.4) is 0 Å². The summed E-state index contributed by atoms with van der Waals surface area (Å²) in [5.74, 6) is -1.68. The van der Waals surface area contributed by atoms with Crippen LogP contribution in [0, 0.1) is 12.5 Å². The number of hydrogen-bond donors (Lipinski definition) is 1. The number of alkyl halides is 2. The molecule has 3 amide bonds. The highest BCUT2D eigenvalue weighted by molar-refractivity contribution is 6.07. The maximum atomic E-state index is 14.0. The predicted molar refractivity (Wildman–Crippen MR) is 132 cm³/mol. The van der Waals surface area contributed by atoms with Crippen LogP contribution < -0.4 is 10.1 Å². The summed E-state index contributed by atoms with van der Waals surface area (Å²) in [5, 5.41) is 2.86. The molecular formula is C27H28F2N4O4. The average molecular weight is 511 g/mol. The number of amides is 3. The first-order valence-electron chi connectivity index (χ1n) is 12.0. The van der Waals surface area contributed by atoms with Gasteiger partial charge >= 0.3 is 12.8 Å². The van der Waals surface area contributed by atoms with E-state index in [0.717, 1.165) is 5.56 Å². The molecule has 1 N–H and O–H groups in total. The Kier molecular flexibility index (Phi) is 7.16. The molecule has 4 rings (SSSR count). The number of halogens is 2. The van der Waals surface area contributed by atoms with E-state index < -0.39 is 36.0 Å². The fourth-order valence-corrected chi connectivity index (χ4v) is 5.19. The first-order chi connectivity index (χ1) is 17.6. The molecule has 2 aromatic rings. The molecule has 0 radical (unpaired) electrons. The van der Waals surface area contributed by atoms with Gasteiger partial charge in [0.25, 0.3) is 11.8 Å². The molecule has 1 saturated heterocycles. The topological polar surface area (TPSA) is 83.3 Å². The van der Waals surface area contributed by atoms with Crippen molar-refractivity contribution >= 4 is 23.4 Å². The van der Waals surface area contributed by atoms with Gasteiger partial charge in [0.2, 0.25) is 5.91 Å². The number of hydrogen-bond acceptors (Lipinski definition) is 4. The van der Waals surface area contributed by atoms with E-state index >= 15 is 0 Å². The lowest BCUT2D eigenvalue weighted by Gasteiger charge is -2.32. The Morgan fingerprint density at radius 2 is 1.89 bits per heavy atom. The second kappa shape index (κ2) is 10.2. The summed E-state index contributed by atoms with van der Waals surface area (Å²) in [6.07, 6.45) is -0.477. The second-order valence-corrected chi connectivity index (χ2v) is 9.80. The van der Waals surface area contributed by atoms with Crippen molar-refractivity contribution in [3.8, 4) is 5.75 Å². The van der Waals surface area contributed by atoms with Crippen LogP contribution in [0.1, 0.15) is 42.6 Å². The summed E-state index contributed by atoms with van der Waals surface area (Å²) < 4.78 is 30.4. The highest BCUT2D eigenvalue weighted by Gasteiger charge is 2.59. The second-order valence-electron chi connectivity index (χ2n) is 9.80. The fraction of sp³-hybridized carbons (Fsp3) is 0.407. The molecule has 2 heterocycles. The third kappa shape index (κ3) is 4.73. The number of ether oxygens (including phenoxy) is 1. The van der Waals surface area contributed by atoms with Crippen molar-refractivity contribution in [2.75, 3.05) is 18.9 Å². The molecule has 194 valence electrons. The number of carbonyl (C=O) groups is 3. The van der Waals surface area contributed by atoms with E-state index in [9.17, 15) is 23.2 Å². The van der Waals surface area contributed by atoms with Gasteiger partial charge in [-0.2, -0.15) is 8.78 Å². The Morgan fingerprint density at radius 1 is 1.22 bits per heavy atom. The summed E-state index contributed by atoms with van der Waals surface area (Å²) in [4.78, 5) is 46.7. The maximum Gasteiger partial charge on any atom is 0.387 e. The Morgan fingerprint density at radius 3 is 2.57 bits per heavy atom. The number of benzene rings is 2. The highest BCUT2D eigenvalue weighted by Crippen LogP contribution is 2.47. The van der Waals surface area contributed by atoms with Crippen LogP contribution in [-0.2, 0) is 15.0 Å². The van der Waals surface area contributed by atoms with Gasteiger partial charge in [-0.3, -0.25) is 24.1 Å². The molecule has 0 bridgehead atoms. The first-order valence-corrected chi connectivity index (χ1v) is 12.0. The van der Waals surface area contributed by atoms with Crippen LogP contribution >= 0.6 is 0 Å². The van der Waals surface area contributed by atoms with Crippen LogP contribution in [0.2, 0.25) is 0 Å². The largest absolute Gasteiger partial charge is 0.434 e. The number of carbonyl (C=O) groups excluding carboxylic acids is 3. The molecule has 0 saturated carbocycles. The van der Waals surface area contributed by atoms with Gasteiger partial charge in [0.05, 0.1) is 12.0 Å². The van der Waals surface area contributed by atoms with Gasteiger partial charge < -0.3 is 15.0 Å². The Balaban J connectivity index is 1.66. The molecule has 10 heteroatoms. The quantitative estimate of drug-likeness (QED) is 0.568. The van der Waals surface area contributed by atoms with E-state index in [1.807, 2.05) is 26.0 Å². The van der Waals surface area contributed by atoms with Gasteiger partial charge in [-0.25, -0.2) is 6.57 Å². The van der Waals surface area contributed by atoms with Crippen LogP contribution in [0.5, 0.6) is 5.75 Å². The number of rotatable bonds is 7. The number of nitrogens with zero attached hydrogens (tertiary/aromatic N) is 3. The van der Waals surface area contributed by atoms with Crippen molar-refractivity contribution in [1.82, 2.24) is 9.80 Å². The smallest absolute Gasteiger partial charge is 0.387 e. The SMILES string of the molecule is [C-]#[N+][C@@H]1C[C@@]2(CN1C(=O)[C@H](CC(C)C)N(C)C(=O)c1ccccc1OC(F)F)C(=O)Nc1ccccc12.